The molecule has 1 atom stereocenters. The Morgan fingerprint density at radius 3 is 2.33 bits per heavy atom. The Bertz CT molecular complexity index is 799. The van der Waals surface area contributed by atoms with Gasteiger partial charge in [-0.05, 0) is 61.8 Å². The van der Waals surface area contributed by atoms with Gasteiger partial charge in [0.15, 0.2) is 0 Å². The zero-order valence-corrected chi connectivity index (χ0v) is 19.3. The molecule has 0 aliphatic carbocycles. The van der Waals surface area contributed by atoms with Crippen molar-refractivity contribution in [2.45, 2.75) is 66.2 Å². The standard InChI is InChI=1S/C24H33N3O.C2H6/c1-4-27(26)17-23(25)13-12-22(21-11-10-18(2)19(3)14-21)16-24(28)15-20-8-6-5-7-9-20;1-2/h5-11,14,17,22H,4,12-13,15-16,25-26H2,1-3H3;1-2H3/b23-17-;. The number of carbonyl (C=O) groups excluding carboxylic acids is 1. The number of aryl methyl sites for hydroxylation is 2. The van der Waals surface area contributed by atoms with Gasteiger partial charge in [-0.25, -0.2) is 5.84 Å². The molecule has 4 nitrogen and oxygen atoms in total. The number of rotatable bonds is 10. The van der Waals surface area contributed by atoms with Gasteiger partial charge in [-0.1, -0.05) is 62.4 Å². The molecular formula is C26H39N3O. The van der Waals surface area contributed by atoms with Crippen molar-refractivity contribution >= 4 is 5.78 Å². The fourth-order valence-electron chi connectivity index (χ4n) is 3.29. The lowest BCUT2D eigenvalue weighted by Gasteiger charge is -2.19. The maximum Gasteiger partial charge on any atom is 0.137 e. The average molecular weight is 410 g/mol. The predicted octanol–water partition coefficient (Wildman–Crippen LogP) is 5.39. The van der Waals surface area contributed by atoms with Crippen LogP contribution in [0.5, 0.6) is 0 Å². The van der Waals surface area contributed by atoms with Gasteiger partial charge in [0, 0.05) is 31.3 Å². The van der Waals surface area contributed by atoms with Gasteiger partial charge >= 0.3 is 0 Å². The number of Topliss-reactive ketones (excluding diaryl/α,β-unsaturated/α-hetero) is 1. The van der Waals surface area contributed by atoms with Crippen LogP contribution in [0.15, 0.2) is 60.4 Å². The van der Waals surface area contributed by atoms with Crippen LogP contribution in [0.4, 0.5) is 0 Å². The van der Waals surface area contributed by atoms with E-state index in [9.17, 15) is 4.79 Å². The molecule has 0 amide bonds. The molecule has 0 aliphatic heterocycles. The lowest BCUT2D eigenvalue weighted by atomic mass is 9.86. The third kappa shape index (κ3) is 8.83. The van der Waals surface area contributed by atoms with Crippen molar-refractivity contribution in [3.8, 4) is 0 Å². The van der Waals surface area contributed by atoms with E-state index in [0.29, 0.717) is 25.8 Å². The molecule has 1 unspecified atom stereocenters. The fourth-order valence-corrected chi connectivity index (χ4v) is 3.29. The molecule has 0 aromatic heterocycles. The Kier molecular flexibility index (Phi) is 11.5. The van der Waals surface area contributed by atoms with Crippen LogP contribution < -0.4 is 11.6 Å². The van der Waals surface area contributed by atoms with Crippen LogP contribution in [0.1, 0.15) is 68.2 Å². The summed E-state index contributed by atoms with van der Waals surface area (Å²) in [5.41, 5.74) is 11.7. The number of ketones is 1. The maximum atomic E-state index is 12.7. The minimum atomic E-state index is 0.148. The summed E-state index contributed by atoms with van der Waals surface area (Å²) in [7, 11) is 0. The fraction of sp³-hybridized carbons (Fsp3) is 0.423. The number of benzene rings is 2. The predicted molar refractivity (Wildman–Crippen MR) is 128 cm³/mol. The summed E-state index contributed by atoms with van der Waals surface area (Å²) in [6.07, 6.45) is 4.31. The van der Waals surface area contributed by atoms with Crippen LogP contribution in [-0.4, -0.2) is 17.3 Å². The molecule has 30 heavy (non-hydrogen) atoms. The smallest absolute Gasteiger partial charge is 0.137 e. The van der Waals surface area contributed by atoms with Crippen LogP contribution in [0, 0.1) is 13.8 Å². The molecular weight excluding hydrogens is 370 g/mol. The van der Waals surface area contributed by atoms with E-state index in [0.717, 1.165) is 17.7 Å². The third-order valence-electron chi connectivity index (χ3n) is 5.20. The van der Waals surface area contributed by atoms with E-state index in [1.807, 2.05) is 51.1 Å². The number of hydrogen-bond acceptors (Lipinski definition) is 4. The van der Waals surface area contributed by atoms with E-state index in [2.05, 4.69) is 32.0 Å². The minimum absolute atomic E-state index is 0.148. The van der Waals surface area contributed by atoms with Crippen molar-refractivity contribution in [3.05, 3.63) is 82.7 Å². The highest BCUT2D eigenvalue weighted by Gasteiger charge is 2.17. The molecule has 0 radical (unpaired) electrons. The van der Waals surface area contributed by atoms with Crippen LogP contribution in [0.25, 0.3) is 0 Å². The lowest BCUT2D eigenvalue weighted by molar-refractivity contribution is -0.118. The zero-order chi connectivity index (χ0) is 22.5. The van der Waals surface area contributed by atoms with Gasteiger partial charge in [0.2, 0.25) is 0 Å². The largest absolute Gasteiger partial charge is 0.401 e. The molecule has 0 saturated carbocycles. The van der Waals surface area contributed by atoms with Gasteiger partial charge in [0.05, 0.1) is 0 Å². The van der Waals surface area contributed by atoms with Gasteiger partial charge in [0.1, 0.15) is 5.78 Å². The van der Waals surface area contributed by atoms with Crippen molar-refractivity contribution < 1.29 is 4.79 Å². The molecule has 0 aliphatic rings. The quantitative estimate of drug-likeness (QED) is 0.407. The molecule has 164 valence electrons. The van der Waals surface area contributed by atoms with E-state index in [4.69, 9.17) is 11.6 Å². The molecule has 0 spiro atoms. The Morgan fingerprint density at radius 1 is 1.07 bits per heavy atom. The van der Waals surface area contributed by atoms with Gasteiger partial charge in [-0.2, -0.15) is 0 Å². The molecule has 4 heteroatoms. The highest BCUT2D eigenvalue weighted by atomic mass is 16.1. The van der Waals surface area contributed by atoms with Crippen LogP contribution in [0.2, 0.25) is 0 Å². The zero-order valence-electron chi connectivity index (χ0n) is 19.3. The van der Waals surface area contributed by atoms with Gasteiger partial charge in [0.25, 0.3) is 0 Å². The molecule has 4 N–H and O–H groups in total. The second-order valence-electron chi connectivity index (χ2n) is 7.52. The number of hydrogen-bond donors (Lipinski definition) is 2. The number of allylic oxidation sites excluding steroid dienone is 1. The van der Waals surface area contributed by atoms with Gasteiger partial charge in [-0.3, -0.25) is 4.79 Å². The van der Waals surface area contributed by atoms with Crippen LogP contribution in [-0.2, 0) is 11.2 Å². The number of nitrogens with two attached hydrogens (primary N) is 2. The van der Waals surface area contributed by atoms with E-state index >= 15 is 0 Å². The van der Waals surface area contributed by atoms with E-state index in [1.54, 1.807) is 11.2 Å². The van der Waals surface area contributed by atoms with Crippen LogP contribution in [0.3, 0.4) is 0 Å². The third-order valence-corrected chi connectivity index (χ3v) is 5.20. The first kappa shape index (κ1) is 25.4. The van der Waals surface area contributed by atoms with Crippen molar-refractivity contribution in [1.82, 2.24) is 5.01 Å². The Labute approximate surface area is 182 Å². The van der Waals surface area contributed by atoms with Crippen molar-refractivity contribution in [1.29, 1.82) is 0 Å². The summed E-state index contributed by atoms with van der Waals surface area (Å²) in [5.74, 6) is 6.22. The number of nitrogens with zero attached hydrogens (tertiary/aromatic N) is 1. The Morgan fingerprint density at radius 2 is 1.73 bits per heavy atom. The molecule has 2 aromatic carbocycles. The highest BCUT2D eigenvalue weighted by molar-refractivity contribution is 5.81. The second kappa shape index (κ2) is 13.6. The van der Waals surface area contributed by atoms with Gasteiger partial charge in [-0.15, -0.1) is 0 Å². The number of hydrazine groups is 1. The van der Waals surface area contributed by atoms with Gasteiger partial charge < -0.3 is 10.7 Å². The molecule has 0 heterocycles. The molecule has 0 saturated heterocycles. The number of carbonyl (C=O) groups is 1. The monoisotopic (exact) mass is 409 g/mol. The second-order valence-corrected chi connectivity index (χ2v) is 7.52. The van der Waals surface area contributed by atoms with Crippen molar-refractivity contribution in [3.63, 3.8) is 0 Å². The minimum Gasteiger partial charge on any atom is -0.401 e. The maximum absolute atomic E-state index is 12.7. The summed E-state index contributed by atoms with van der Waals surface area (Å²) in [6, 6.07) is 16.4. The highest BCUT2D eigenvalue weighted by Crippen LogP contribution is 2.28. The molecule has 2 aromatic rings. The topological polar surface area (TPSA) is 72.3 Å². The van der Waals surface area contributed by atoms with E-state index < -0.39 is 0 Å². The first-order valence-corrected chi connectivity index (χ1v) is 11.0. The Hall–Kier alpha value is -2.59. The lowest BCUT2D eigenvalue weighted by Crippen LogP contribution is -2.26. The summed E-state index contributed by atoms with van der Waals surface area (Å²) in [6.45, 7) is 10.9. The molecule has 0 fully saturated rings. The first-order valence-electron chi connectivity index (χ1n) is 11.0. The average Bonchev–Trinajstić information content (AvgIpc) is 2.75. The molecule has 2 rings (SSSR count). The normalized spacial score (nSPS) is 12.0. The first-order chi connectivity index (χ1) is 14.4. The molecule has 0 bridgehead atoms. The summed E-state index contributed by atoms with van der Waals surface area (Å²) in [4.78, 5) is 12.7. The SMILES string of the molecule is CC.CCN(N)/C=C(\N)CCC(CC(=O)Cc1ccccc1)c1ccc(C)c(C)c1. The van der Waals surface area contributed by atoms with E-state index in [-0.39, 0.29) is 11.7 Å². The summed E-state index contributed by atoms with van der Waals surface area (Å²) < 4.78 is 0. The Balaban J connectivity index is 0.00000218. The van der Waals surface area contributed by atoms with Crippen molar-refractivity contribution in [2.24, 2.45) is 11.6 Å². The summed E-state index contributed by atoms with van der Waals surface area (Å²) in [5, 5.41) is 1.58. The van der Waals surface area contributed by atoms with Crippen LogP contribution >= 0.6 is 0 Å². The van der Waals surface area contributed by atoms with E-state index in [1.165, 1.54) is 16.7 Å². The summed E-state index contributed by atoms with van der Waals surface area (Å²) >= 11 is 0. The van der Waals surface area contributed by atoms with Crippen molar-refractivity contribution in [2.75, 3.05) is 6.54 Å².